The second kappa shape index (κ2) is 12.1. The summed E-state index contributed by atoms with van der Waals surface area (Å²) in [7, 11) is 0. The van der Waals surface area contributed by atoms with Crippen LogP contribution < -0.4 is 5.73 Å². The van der Waals surface area contributed by atoms with Crippen LogP contribution >= 0.6 is 22.9 Å². The van der Waals surface area contributed by atoms with Gasteiger partial charge in [-0.1, -0.05) is 16.8 Å². The Hall–Kier alpha value is -3.94. The average molecular weight is 628 g/mol. The smallest absolute Gasteiger partial charge is 0.410 e. The molecule has 0 saturated carbocycles. The molecule has 1 saturated heterocycles. The third-order valence-corrected chi connectivity index (χ3v) is 8.29. The first kappa shape index (κ1) is 31.0. The highest BCUT2D eigenvalue weighted by molar-refractivity contribution is 7.19. The van der Waals surface area contributed by atoms with Crippen LogP contribution in [0.4, 0.5) is 13.2 Å². The van der Waals surface area contributed by atoms with Crippen LogP contribution in [0.5, 0.6) is 0 Å². The number of carboxylic acid groups (broad SMARTS) is 1. The van der Waals surface area contributed by atoms with E-state index in [4.69, 9.17) is 21.9 Å². The predicted molar refractivity (Wildman–Crippen MR) is 142 cm³/mol. The number of halogens is 4. The van der Waals surface area contributed by atoms with Gasteiger partial charge < -0.3 is 20.3 Å². The number of hydrogen-bond donors (Lipinski definition) is 2. The third kappa shape index (κ3) is 6.42. The van der Waals surface area contributed by atoms with Crippen molar-refractivity contribution >= 4 is 40.7 Å². The predicted octanol–water partition coefficient (Wildman–Crippen LogP) is 3.69. The molecule has 1 aliphatic heterocycles. The number of carboxylic acids is 1. The number of carbonyl (C=O) groups is 3. The van der Waals surface area contributed by atoms with Crippen LogP contribution in [0.1, 0.15) is 46.9 Å². The molecule has 42 heavy (non-hydrogen) atoms. The van der Waals surface area contributed by atoms with Crippen LogP contribution in [-0.2, 0) is 11.3 Å². The minimum absolute atomic E-state index is 0.0758. The Bertz CT molecular complexity index is 1530. The molecule has 3 unspecified atom stereocenters. The molecule has 1 fully saturated rings. The van der Waals surface area contributed by atoms with E-state index in [-0.39, 0.29) is 42.7 Å². The lowest BCUT2D eigenvalue weighted by atomic mass is 9.78. The molecule has 2 amide bonds. The van der Waals surface area contributed by atoms with Gasteiger partial charge in [0.2, 0.25) is 5.91 Å². The summed E-state index contributed by atoms with van der Waals surface area (Å²) in [5, 5.41) is 27.2. The number of rotatable bonds is 9. The molecule has 3 atom stereocenters. The van der Waals surface area contributed by atoms with E-state index in [1.54, 1.807) is 17.0 Å². The minimum atomic E-state index is -5.12. The Morgan fingerprint density at radius 3 is 2.60 bits per heavy atom. The summed E-state index contributed by atoms with van der Waals surface area (Å²) < 4.78 is 50.1. The van der Waals surface area contributed by atoms with Crippen LogP contribution in [0.3, 0.4) is 0 Å². The normalized spacial score (nSPS) is 18.5. The van der Waals surface area contributed by atoms with Crippen molar-refractivity contribution in [3.8, 4) is 16.8 Å². The standard InChI is InChI=1S/C25H25ClF3N7O5S/c1-12(2)34-6-5-14(15(10-34)22(31)37)21(25(27,28)29)35(11-30)23(38)16-8-17(24(39)40)36(32-16)9-13-7-18(41-33-13)19-3-4-20(26)42-19/h3-4,7-8,12,14-15,21H,5-6,9-10H2,1-2H3,(H2,31,37)(H,39,40). The number of nitrogens with two attached hydrogens (primary N) is 1. The van der Waals surface area contributed by atoms with E-state index < -0.39 is 53.2 Å². The van der Waals surface area contributed by atoms with Crippen LogP contribution in [0, 0.1) is 23.3 Å². The number of amides is 2. The summed E-state index contributed by atoms with van der Waals surface area (Å²) in [5.41, 5.74) is 4.43. The van der Waals surface area contributed by atoms with Gasteiger partial charge in [-0.3, -0.25) is 14.3 Å². The van der Waals surface area contributed by atoms with Gasteiger partial charge in [-0.2, -0.15) is 23.5 Å². The molecular formula is C25H25ClF3N7O5S. The molecule has 1 aliphatic rings. The zero-order chi connectivity index (χ0) is 30.9. The van der Waals surface area contributed by atoms with Crippen molar-refractivity contribution in [1.82, 2.24) is 24.7 Å². The first-order chi connectivity index (χ1) is 19.7. The minimum Gasteiger partial charge on any atom is -0.477 e. The summed E-state index contributed by atoms with van der Waals surface area (Å²) in [6.45, 7) is 3.43. The number of likely N-dealkylation sites (tertiary alicyclic amines) is 1. The molecule has 3 aromatic rings. The Morgan fingerprint density at radius 2 is 2.05 bits per heavy atom. The number of piperidine rings is 1. The van der Waals surface area contributed by atoms with E-state index in [1.165, 1.54) is 23.6 Å². The second-order valence-corrected chi connectivity index (χ2v) is 11.7. The fourth-order valence-electron chi connectivity index (χ4n) is 5.00. The molecule has 0 aromatic carbocycles. The number of carbonyl (C=O) groups excluding carboxylic acids is 2. The number of nitriles is 1. The first-order valence-corrected chi connectivity index (χ1v) is 13.8. The number of aromatic carboxylic acids is 1. The lowest BCUT2D eigenvalue weighted by Gasteiger charge is -2.43. The summed E-state index contributed by atoms with van der Waals surface area (Å²) in [6, 6.07) is 2.82. The number of nitrogens with zero attached hydrogens (tertiary/aromatic N) is 6. The molecular weight excluding hydrogens is 603 g/mol. The van der Waals surface area contributed by atoms with Crippen molar-refractivity contribution in [3.05, 3.63) is 45.7 Å². The molecule has 0 bridgehead atoms. The molecule has 0 aliphatic carbocycles. The van der Waals surface area contributed by atoms with Gasteiger partial charge in [-0.15, -0.1) is 11.3 Å². The quantitative estimate of drug-likeness (QED) is 0.265. The van der Waals surface area contributed by atoms with Crippen molar-refractivity contribution in [3.63, 3.8) is 0 Å². The van der Waals surface area contributed by atoms with Gasteiger partial charge in [-0.25, -0.2) is 9.69 Å². The summed E-state index contributed by atoms with van der Waals surface area (Å²) >= 11 is 7.15. The summed E-state index contributed by atoms with van der Waals surface area (Å²) in [4.78, 5) is 39.9. The lowest BCUT2D eigenvalue weighted by Crippen LogP contribution is -2.59. The van der Waals surface area contributed by atoms with Gasteiger partial charge in [0.05, 0.1) is 21.7 Å². The van der Waals surface area contributed by atoms with E-state index in [1.807, 2.05) is 13.8 Å². The van der Waals surface area contributed by atoms with Gasteiger partial charge in [-0.05, 0) is 38.9 Å². The monoisotopic (exact) mass is 627 g/mol. The molecule has 4 heterocycles. The maximum absolute atomic E-state index is 14.5. The highest BCUT2D eigenvalue weighted by Crippen LogP contribution is 2.39. The van der Waals surface area contributed by atoms with E-state index in [9.17, 15) is 37.9 Å². The fraction of sp³-hybridized carbons (Fsp3) is 0.440. The molecule has 0 radical (unpaired) electrons. The number of primary amides is 1. The number of thiophene rings is 1. The van der Waals surface area contributed by atoms with Crippen LogP contribution in [0.2, 0.25) is 4.34 Å². The van der Waals surface area contributed by atoms with Crippen molar-refractivity contribution in [2.45, 2.75) is 45.1 Å². The molecule has 3 aromatic heterocycles. The van der Waals surface area contributed by atoms with Gasteiger partial charge in [0, 0.05) is 30.6 Å². The van der Waals surface area contributed by atoms with Gasteiger partial charge in [0.1, 0.15) is 17.4 Å². The fourth-order valence-corrected chi connectivity index (χ4v) is 5.99. The Kier molecular flexibility index (Phi) is 8.95. The zero-order valence-electron chi connectivity index (χ0n) is 22.2. The van der Waals surface area contributed by atoms with Crippen LogP contribution in [0.15, 0.2) is 28.8 Å². The van der Waals surface area contributed by atoms with E-state index >= 15 is 0 Å². The average Bonchev–Trinajstić information content (AvgIpc) is 3.66. The highest BCUT2D eigenvalue weighted by atomic mass is 35.5. The summed E-state index contributed by atoms with van der Waals surface area (Å²) in [5.74, 6) is -6.48. The molecule has 3 N–H and O–H groups in total. The molecule has 12 nitrogen and oxygen atoms in total. The molecule has 0 spiro atoms. The van der Waals surface area contributed by atoms with Crippen molar-refractivity contribution in [2.24, 2.45) is 17.6 Å². The largest absolute Gasteiger partial charge is 0.477 e. The number of alkyl halides is 3. The zero-order valence-corrected chi connectivity index (χ0v) is 23.8. The van der Waals surface area contributed by atoms with Gasteiger partial charge >= 0.3 is 12.1 Å². The van der Waals surface area contributed by atoms with E-state index in [2.05, 4.69) is 10.3 Å². The topological polar surface area (TPSA) is 172 Å². The van der Waals surface area contributed by atoms with Crippen molar-refractivity contribution < 1.29 is 37.2 Å². The summed E-state index contributed by atoms with van der Waals surface area (Å²) in [6.07, 6.45) is -3.99. The maximum atomic E-state index is 14.5. The van der Waals surface area contributed by atoms with E-state index in [0.29, 0.717) is 15.0 Å². The van der Waals surface area contributed by atoms with E-state index in [0.717, 1.165) is 10.7 Å². The van der Waals surface area contributed by atoms with Crippen LogP contribution in [-0.4, -0.2) is 79.0 Å². The SMILES string of the molecule is CC(C)N1CCC(C(N(C#N)C(=O)c2cc(C(=O)O)n(Cc3cc(-c4ccc(Cl)s4)on3)n2)C(F)(F)F)C(C(N)=O)C1. The maximum Gasteiger partial charge on any atom is 0.410 e. The lowest BCUT2D eigenvalue weighted by molar-refractivity contribution is -0.193. The Morgan fingerprint density at radius 1 is 1.33 bits per heavy atom. The first-order valence-electron chi connectivity index (χ1n) is 12.6. The molecule has 17 heteroatoms. The Balaban J connectivity index is 1.65. The van der Waals surface area contributed by atoms with Crippen molar-refractivity contribution in [2.75, 3.05) is 13.1 Å². The van der Waals surface area contributed by atoms with Gasteiger partial charge in [0.25, 0.3) is 5.91 Å². The highest BCUT2D eigenvalue weighted by Gasteiger charge is 2.55. The second-order valence-electron chi connectivity index (χ2n) is 9.98. The van der Waals surface area contributed by atoms with Crippen LogP contribution in [0.25, 0.3) is 10.6 Å². The molecule has 4 rings (SSSR count). The third-order valence-electron chi connectivity index (χ3n) is 7.04. The van der Waals surface area contributed by atoms with Gasteiger partial charge in [0.15, 0.2) is 17.6 Å². The Labute approximate surface area is 246 Å². The number of aromatic nitrogens is 3. The van der Waals surface area contributed by atoms with Crippen molar-refractivity contribution in [1.29, 1.82) is 5.26 Å². The molecule has 224 valence electrons. The number of hydrogen-bond acceptors (Lipinski definition) is 9.